The summed E-state index contributed by atoms with van der Waals surface area (Å²) in [6.45, 7) is 3.76. The Balaban J connectivity index is 3.13. The van der Waals surface area contributed by atoms with Crippen molar-refractivity contribution >= 4 is 0 Å². The average Bonchev–Trinajstić information content (AvgIpc) is 2.36. The summed E-state index contributed by atoms with van der Waals surface area (Å²) in [5.74, 6) is 0.731. The van der Waals surface area contributed by atoms with Gasteiger partial charge in [0.15, 0.2) is 0 Å². The van der Waals surface area contributed by atoms with E-state index in [-0.39, 0.29) is 0 Å². The third-order valence-corrected chi connectivity index (χ3v) is 2.72. The molecule has 0 bridgehead atoms. The average molecular weight is 241 g/mol. The molecule has 0 fully saturated rings. The predicted molar refractivity (Wildman–Crippen MR) is 63.2 cm³/mol. The van der Waals surface area contributed by atoms with Crippen molar-refractivity contribution in [3.8, 4) is 11.8 Å². The van der Waals surface area contributed by atoms with Crippen LogP contribution in [0.4, 0.5) is 0 Å². The van der Waals surface area contributed by atoms with Gasteiger partial charge in [-0.3, -0.25) is 0 Å². The second-order valence-electron chi connectivity index (χ2n) is 4.09. The predicted octanol–water partition coefficient (Wildman–Crippen LogP) is 0.919. The Kier molecular flexibility index (Phi) is 4.25. The summed E-state index contributed by atoms with van der Waals surface area (Å²) in [5.41, 5.74) is 6.09. The van der Waals surface area contributed by atoms with Gasteiger partial charge in [-0.1, -0.05) is 0 Å². The van der Waals surface area contributed by atoms with Gasteiger partial charge in [0.1, 0.15) is 5.69 Å². The lowest BCUT2D eigenvalue weighted by molar-refractivity contribution is -0.00189. The highest BCUT2D eigenvalue weighted by Gasteiger charge is 2.31. The molecule has 1 heterocycles. The van der Waals surface area contributed by atoms with Gasteiger partial charge in [0.05, 0.1) is 32.1 Å². The first-order chi connectivity index (χ1) is 7.96. The number of aromatic nitrogens is 2. The molecule has 2 N–H and O–H groups in total. The van der Waals surface area contributed by atoms with E-state index in [2.05, 4.69) is 9.97 Å². The highest BCUT2D eigenvalue weighted by atomic mass is 16.5. The van der Waals surface area contributed by atoms with E-state index in [9.17, 15) is 0 Å². The van der Waals surface area contributed by atoms with Crippen LogP contribution in [0.3, 0.4) is 0 Å². The molecule has 0 saturated heterocycles. The standard InChI is InChI=1S/C11H19N3O3/c1-11(2,17-5)9(12)8-10(16-4)14-7(15-3)6-13-8/h6,9H,12H2,1-5H3. The summed E-state index contributed by atoms with van der Waals surface area (Å²) in [4.78, 5) is 8.35. The molecule has 0 amide bonds. The smallest absolute Gasteiger partial charge is 0.240 e. The molecule has 1 atom stereocenters. The van der Waals surface area contributed by atoms with Crippen molar-refractivity contribution in [2.75, 3.05) is 21.3 Å². The minimum absolute atomic E-state index is 0.349. The molecule has 0 aliphatic rings. The zero-order valence-electron chi connectivity index (χ0n) is 10.9. The van der Waals surface area contributed by atoms with Gasteiger partial charge in [0, 0.05) is 7.11 Å². The van der Waals surface area contributed by atoms with Crippen LogP contribution in [-0.4, -0.2) is 36.9 Å². The summed E-state index contributed by atoms with van der Waals surface area (Å²) in [6, 6.07) is -0.444. The van der Waals surface area contributed by atoms with Gasteiger partial charge in [-0.15, -0.1) is 0 Å². The quantitative estimate of drug-likeness (QED) is 0.825. The Morgan fingerprint density at radius 2 is 1.88 bits per heavy atom. The number of rotatable bonds is 5. The van der Waals surface area contributed by atoms with Crippen LogP contribution in [0.5, 0.6) is 11.8 Å². The van der Waals surface area contributed by atoms with E-state index < -0.39 is 11.6 Å². The molecule has 1 rings (SSSR count). The van der Waals surface area contributed by atoms with Crippen LogP contribution in [0.1, 0.15) is 25.6 Å². The molecule has 0 saturated carbocycles. The summed E-state index contributed by atoms with van der Waals surface area (Å²) in [5, 5.41) is 0. The number of hydrogen-bond acceptors (Lipinski definition) is 6. The van der Waals surface area contributed by atoms with Gasteiger partial charge in [-0.05, 0) is 13.8 Å². The van der Waals surface area contributed by atoms with E-state index in [1.165, 1.54) is 20.4 Å². The van der Waals surface area contributed by atoms with Crippen LogP contribution < -0.4 is 15.2 Å². The van der Waals surface area contributed by atoms with E-state index >= 15 is 0 Å². The highest BCUT2D eigenvalue weighted by Crippen LogP contribution is 2.30. The minimum atomic E-state index is -0.559. The van der Waals surface area contributed by atoms with Crippen molar-refractivity contribution in [2.24, 2.45) is 5.73 Å². The largest absolute Gasteiger partial charge is 0.480 e. The van der Waals surface area contributed by atoms with Crippen LogP contribution >= 0.6 is 0 Å². The van der Waals surface area contributed by atoms with Crippen LogP contribution in [0.15, 0.2) is 6.20 Å². The van der Waals surface area contributed by atoms with E-state index in [0.29, 0.717) is 17.5 Å². The van der Waals surface area contributed by atoms with Gasteiger partial charge in [-0.2, -0.15) is 4.98 Å². The number of methoxy groups -OCH3 is 3. The maximum absolute atomic E-state index is 6.10. The molecule has 1 aromatic rings. The maximum atomic E-state index is 6.10. The second kappa shape index (κ2) is 5.29. The molecule has 0 spiro atoms. The van der Waals surface area contributed by atoms with Gasteiger partial charge in [-0.25, -0.2) is 4.98 Å². The van der Waals surface area contributed by atoms with E-state index in [1.807, 2.05) is 13.8 Å². The molecule has 0 aromatic carbocycles. The van der Waals surface area contributed by atoms with Crippen LogP contribution in [0.2, 0.25) is 0 Å². The van der Waals surface area contributed by atoms with Crippen molar-refractivity contribution in [1.29, 1.82) is 0 Å². The first kappa shape index (κ1) is 13.7. The SMILES string of the molecule is COc1cnc(C(N)C(C)(C)OC)c(OC)n1. The molecular weight excluding hydrogens is 222 g/mol. The van der Waals surface area contributed by atoms with Crippen molar-refractivity contribution in [3.63, 3.8) is 0 Å². The normalized spacial score (nSPS) is 13.3. The first-order valence-corrected chi connectivity index (χ1v) is 5.22. The zero-order valence-corrected chi connectivity index (χ0v) is 10.9. The van der Waals surface area contributed by atoms with Crippen molar-refractivity contribution in [2.45, 2.75) is 25.5 Å². The molecule has 0 aliphatic carbocycles. The topological polar surface area (TPSA) is 79.5 Å². The zero-order chi connectivity index (χ0) is 13.1. The molecule has 1 unspecified atom stereocenters. The van der Waals surface area contributed by atoms with Gasteiger partial charge in [0.25, 0.3) is 0 Å². The summed E-state index contributed by atoms with van der Waals surface area (Å²) >= 11 is 0. The molecule has 1 aromatic heterocycles. The Bertz CT molecular complexity index is 382. The summed E-state index contributed by atoms with van der Waals surface area (Å²) in [7, 11) is 4.63. The number of hydrogen-bond donors (Lipinski definition) is 1. The number of ether oxygens (including phenoxy) is 3. The minimum Gasteiger partial charge on any atom is -0.480 e. The highest BCUT2D eigenvalue weighted by molar-refractivity contribution is 5.27. The Hall–Kier alpha value is -1.40. The summed E-state index contributed by atoms with van der Waals surface area (Å²) in [6.07, 6.45) is 1.50. The monoisotopic (exact) mass is 241 g/mol. The van der Waals surface area contributed by atoms with Gasteiger partial charge >= 0.3 is 0 Å². The first-order valence-electron chi connectivity index (χ1n) is 5.22. The number of nitrogens with two attached hydrogens (primary N) is 1. The van der Waals surface area contributed by atoms with Gasteiger partial charge < -0.3 is 19.9 Å². The third kappa shape index (κ3) is 2.83. The second-order valence-corrected chi connectivity index (χ2v) is 4.09. The maximum Gasteiger partial charge on any atom is 0.240 e. The lowest BCUT2D eigenvalue weighted by atomic mass is 9.96. The summed E-state index contributed by atoms with van der Waals surface area (Å²) < 4.78 is 15.5. The van der Waals surface area contributed by atoms with E-state index in [0.717, 1.165) is 0 Å². The Labute approximate surface area is 101 Å². The Morgan fingerprint density at radius 3 is 2.35 bits per heavy atom. The van der Waals surface area contributed by atoms with E-state index in [1.54, 1.807) is 7.11 Å². The number of nitrogens with zero attached hydrogens (tertiary/aromatic N) is 2. The van der Waals surface area contributed by atoms with Gasteiger partial charge in [0.2, 0.25) is 11.8 Å². The molecule has 6 nitrogen and oxygen atoms in total. The lowest BCUT2D eigenvalue weighted by Crippen LogP contribution is -2.38. The fraction of sp³-hybridized carbons (Fsp3) is 0.636. The molecule has 17 heavy (non-hydrogen) atoms. The fourth-order valence-electron chi connectivity index (χ4n) is 1.28. The van der Waals surface area contributed by atoms with Crippen molar-refractivity contribution < 1.29 is 14.2 Å². The van der Waals surface area contributed by atoms with Crippen molar-refractivity contribution in [3.05, 3.63) is 11.9 Å². The van der Waals surface area contributed by atoms with Crippen LogP contribution in [0, 0.1) is 0 Å². The van der Waals surface area contributed by atoms with E-state index in [4.69, 9.17) is 19.9 Å². The Morgan fingerprint density at radius 1 is 1.24 bits per heavy atom. The van der Waals surface area contributed by atoms with Crippen LogP contribution in [0.25, 0.3) is 0 Å². The lowest BCUT2D eigenvalue weighted by Gasteiger charge is -2.29. The molecule has 0 aliphatic heterocycles. The van der Waals surface area contributed by atoms with Crippen LogP contribution in [-0.2, 0) is 4.74 Å². The molecule has 6 heteroatoms. The molecule has 96 valence electrons. The third-order valence-electron chi connectivity index (χ3n) is 2.72. The fourth-order valence-corrected chi connectivity index (χ4v) is 1.28. The molecule has 0 radical (unpaired) electrons. The molecular formula is C11H19N3O3. The van der Waals surface area contributed by atoms with Crippen molar-refractivity contribution in [1.82, 2.24) is 9.97 Å².